The van der Waals surface area contributed by atoms with E-state index in [1.165, 1.54) is 0 Å². The minimum atomic E-state index is 0.609. The zero-order valence-corrected chi connectivity index (χ0v) is 9.14. The minimum absolute atomic E-state index is 0.609. The summed E-state index contributed by atoms with van der Waals surface area (Å²) in [6.45, 7) is 3.24. The van der Waals surface area contributed by atoms with Gasteiger partial charge in [0.25, 0.3) is 0 Å². The molecule has 0 radical (unpaired) electrons. The van der Waals surface area contributed by atoms with Crippen molar-refractivity contribution in [3.05, 3.63) is 42.5 Å². The molecule has 84 valence electrons. The second-order valence-corrected chi connectivity index (χ2v) is 3.27. The van der Waals surface area contributed by atoms with Crippen LogP contribution in [0.3, 0.4) is 0 Å². The Hall–Kier alpha value is -1.97. The molecule has 0 saturated heterocycles. The van der Waals surface area contributed by atoms with Crippen LogP contribution in [0.5, 0.6) is 5.88 Å². The Morgan fingerprint density at radius 2 is 2.38 bits per heavy atom. The van der Waals surface area contributed by atoms with Gasteiger partial charge in [-0.2, -0.15) is 0 Å². The average Bonchev–Trinajstić information content (AvgIpc) is 2.81. The van der Waals surface area contributed by atoms with Crippen LogP contribution in [0.25, 0.3) is 0 Å². The first kappa shape index (κ1) is 10.5. The molecule has 0 atom stereocenters. The highest BCUT2D eigenvalue weighted by atomic mass is 16.5. The van der Waals surface area contributed by atoms with Gasteiger partial charge >= 0.3 is 0 Å². The number of hydrogen-bond donors (Lipinski definition) is 1. The summed E-state index contributed by atoms with van der Waals surface area (Å²) in [6, 6.07) is 5.74. The normalized spacial score (nSPS) is 10.1. The van der Waals surface area contributed by atoms with Gasteiger partial charge in [0.15, 0.2) is 0 Å². The van der Waals surface area contributed by atoms with Crippen LogP contribution >= 0.6 is 0 Å². The second-order valence-electron chi connectivity index (χ2n) is 3.27. The van der Waals surface area contributed by atoms with Gasteiger partial charge < -0.3 is 14.5 Å². The maximum atomic E-state index is 5.41. The first-order valence-corrected chi connectivity index (χ1v) is 5.23. The third-order valence-electron chi connectivity index (χ3n) is 2.12. The number of nitrogens with zero attached hydrogens (tertiary/aromatic N) is 1. The third kappa shape index (κ3) is 2.53. The van der Waals surface area contributed by atoms with E-state index in [2.05, 4.69) is 10.3 Å². The number of pyridine rings is 1. The summed E-state index contributed by atoms with van der Waals surface area (Å²) < 4.78 is 10.4. The molecule has 0 amide bonds. The molecule has 16 heavy (non-hydrogen) atoms. The van der Waals surface area contributed by atoms with Gasteiger partial charge in [0.1, 0.15) is 0 Å². The van der Waals surface area contributed by atoms with Gasteiger partial charge in [-0.3, -0.25) is 0 Å². The van der Waals surface area contributed by atoms with Gasteiger partial charge in [-0.05, 0) is 25.1 Å². The molecule has 0 aromatic carbocycles. The molecule has 0 aliphatic rings. The van der Waals surface area contributed by atoms with Gasteiger partial charge in [0.05, 0.1) is 24.8 Å². The molecule has 0 aliphatic carbocycles. The van der Waals surface area contributed by atoms with Crippen molar-refractivity contribution in [2.24, 2.45) is 0 Å². The lowest BCUT2D eigenvalue weighted by atomic mass is 10.3. The molecule has 2 rings (SSSR count). The molecule has 2 aromatic heterocycles. The van der Waals surface area contributed by atoms with Gasteiger partial charge in [-0.25, -0.2) is 4.98 Å². The van der Waals surface area contributed by atoms with Crippen molar-refractivity contribution in [1.82, 2.24) is 4.98 Å². The number of ether oxygens (including phenoxy) is 1. The Labute approximate surface area is 94.3 Å². The van der Waals surface area contributed by atoms with Crippen molar-refractivity contribution in [3.8, 4) is 5.88 Å². The molecule has 2 heterocycles. The van der Waals surface area contributed by atoms with Gasteiger partial charge in [-0.15, -0.1) is 0 Å². The molecule has 1 N–H and O–H groups in total. The quantitative estimate of drug-likeness (QED) is 0.838. The Morgan fingerprint density at radius 3 is 3.12 bits per heavy atom. The lowest BCUT2D eigenvalue weighted by molar-refractivity contribution is 0.328. The van der Waals surface area contributed by atoms with Crippen LogP contribution < -0.4 is 10.1 Å². The van der Waals surface area contributed by atoms with Crippen LogP contribution in [0.2, 0.25) is 0 Å². The first-order chi connectivity index (χ1) is 7.90. The highest BCUT2D eigenvalue weighted by Gasteiger charge is 2.03. The van der Waals surface area contributed by atoms with E-state index in [9.17, 15) is 0 Å². The third-order valence-corrected chi connectivity index (χ3v) is 2.12. The maximum Gasteiger partial charge on any atom is 0.237 e. The Bertz CT molecular complexity index is 426. The smallest absolute Gasteiger partial charge is 0.237 e. The number of rotatable bonds is 5. The summed E-state index contributed by atoms with van der Waals surface area (Å²) in [5.41, 5.74) is 1.98. The lowest BCUT2D eigenvalue weighted by Gasteiger charge is -2.09. The van der Waals surface area contributed by atoms with Crippen molar-refractivity contribution in [1.29, 1.82) is 0 Å². The van der Waals surface area contributed by atoms with Crippen LogP contribution in [-0.2, 0) is 6.54 Å². The first-order valence-electron chi connectivity index (χ1n) is 5.23. The monoisotopic (exact) mass is 218 g/mol. The van der Waals surface area contributed by atoms with Crippen LogP contribution in [0.4, 0.5) is 5.69 Å². The number of furan rings is 1. The van der Waals surface area contributed by atoms with Crippen molar-refractivity contribution in [3.63, 3.8) is 0 Å². The summed E-state index contributed by atoms with van der Waals surface area (Å²) in [5.74, 6) is 0.633. The summed E-state index contributed by atoms with van der Waals surface area (Å²) in [6.07, 6.45) is 5.08. The number of hydrogen-bond acceptors (Lipinski definition) is 4. The summed E-state index contributed by atoms with van der Waals surface area (Å²) in [5, 5.41) is 3.25. The Morgan fingerprint density at radius 1 is 1.44 bits per heavy atom. The van der Waals surface area contributed by atoms with Crippen LogP contribution in [-0.4, -0.2) is 11.6 Å². The van der Waals surface area contributed by atoms with E-state index in [4.69, 9.17) is 9.15 Å². The fraction of sp³-hybridized carbons (Fsp3) is 0.250. The summed E-state index contributed by atoms with van der Waals surface area (Å²) >= 11 is 0. The molecule has 0 saturated carbocycles. The van der Waals surface area contributed by atoms with Crippen molar-refractivity contribution >= 4 is 5.69 Å². The van der Waals surface area contributed by atoms with Gasteiger partial charge in [0.2, 0.25) is 5.88 Å². The summed E-state index contributed by atoms with van der Waals surface area (Å²) in [4.78, 5) is 4.16. The lowest BCUT2D eigenvalue weighted by Crippen LogP contribution is -2.03. The standard InChI is InChI=1S/C12H14N2O2/c1-2-16-12-11(4-3-6-13-12)14-8-10-5-7-15-9-10/h3-7,9,14H,2,8H2,1H3. The van der Waals surface area contributed by atoms with Gasteiger partial charge in [-0.1, -0.05) is 0 Å². The second kappa shape index (κ2) is 5.21. The van der Waals surface area contributed by atoms with Crippen LogP contribution in [0, 0.1) is 0 Å². The van der Waals surface area contributed by atoms with E-state index in [0.29, 0.717) is 19.0 Å². The van der Waals surface area contributed by atoms with E-state index >= 15 is 0 Å². The highest BCUT2D eigenvalue weighted by Crippen LogP contribution is 2.21. The molecular weight excluding hydrogens is 204 g/mol. The molecular formula is C12H14N2O2. The zero-order chi connectivity index (χ0) is 11.2. The molecule has 0 fully saturated rings. The Balaban J connectivity index is 2.03. The van der Waals surface area contributed by atoms with Crippen LogP contribution in [0.1, 0.15) is 12.5 Å². The minimum Gasteiger partial charge on any atom is -0.476 e. The number of aromatic nitrogens is 1. The van der Waals surface area contributed by atoms with Crippen molar-refractivity contribution in [2.45, 2.75) is 13.5 Å². The fourth-order valence-corrected chi connectivity index (χ4v) is 1.37. The molecule has 0 aliphatic heterocycles. The van der Waals surface area contributed by atoms with Crippen molar-refractivity contribution < 1.29 is 9.15 Å². The van der Waals surface area contributed by atoms with Crippen molar-refractivity contribution in [2.75, 3.05) is 11.9 Å². The fourth-order valence-electron chi connectivity index (χ4n) is 1.37. The predicted octanol–water partition coefficient (Wildman–Crippen LogP) is 2.69. The number of anilines is 1. The molecule has 4 heteroatoms. The van der Waals surface area contributed by atoms with Crippen LogP contribution in [0.15, 0.2) is 41.3 Å². The molecule has 2 aromatic rings. The van der Waals surface area contributed by atoms with E-state index in [0.717, 1.165) is 11.3 Å². The van der Waals surface area contributed by atoms with Gasteiger partial charge in [0, 0.05) is 18.3 Å². The van der Waals surface area contributed by atoms with E-state index in [-0.39, 0.29) is 0 Å². The topological polar surface area (TPSA) is 47.3 Å². The maximum absolute atomic E-state index is 5.41. The zero-order valence-electron chi connectivity index (χ0n) is 9.14. The van der Waals surface area contributed by atoms with E-state index < -0.39 is 0 Å². The largest absolute Gasteiger partial charge is 0.476 e. The van der Waals surface area contributed by atoms with E-state index in [1.807, 2.05) is 25.1 Å². The summed E-state index contributed by atoms with van der Waals surface area (Å²) in [7, 11) is 0. The SMILES string of the molecule is CCOc1ncccc1NCc1ccoc1. The molecule has 4 nitrogen and oxygen atoms in total. The predicted molar refractivity (Wildman–Crippen MR) is 61.4 cm³/mol. The highest BCUT2D eigenvalue weighted by molar-refractivity contribution is 5.52. The molecule has 0 bridgehead atoms. The Kier molecular flexibility index (Phi) is 3.43. The average molecular weight is 218 g/mol. The number of nitrogens with one attached hydrogen (secondary N) is 1. The molecule has 0 unspecified atom stereocenters. The molecule has 0 spiro atoms. The van der Waals surface area contributed by atoms with E-state index in [1.54, 1.807) is 18.7 Å².